The van der Waals surface area contributed by atoms with Crippen molar-refractivity contribution in [2.75, 3.05) is 18.6 Å². The molecule has 1 aromatic rings. The van der Waals surface area contributed by atoms with Crippen LogP contribution in [0.15, 0.2) is 24.3 Å². The second-order valence-corrected chi connectivity index (χ2v) is 5.00. The molecule has 0 amide bonds. The molecule has 0 radical (unpaired) electrons. The fraction of sp³-hybridized carbons (Fsp3) is 0.538. The largest absolute Gasteiger partial charge is 0.416 e. The summed E-state index contributed by atoms with van der Waals surface area (Å²) < 4.78 is 37.9. The molecule has 1 atom stereocenters. The average molecular weight is 277 g/mol. The van der Waals surface area contributed by atoms with Gasteiger partial charge in [0.05, 0.1) is 5.56 Å². The predicted octanol–water partition coefficient (Wildman–Crippen LogP) is 4.11. The number of thioether (sulfide) groups is 1. The summed E-state index contributed by atoms with van der Waals surface area (Å²) >= 11 is 1.70. The van der Waals surface area contributed by atoms with Crippen LogP contribution < -0.4 is 5.32 Å². The Hall–Kier alpha value is -0.680. The second-order valence-electron chi connectivity index (χ2n) is 4.01. The van der Waals surface area contributed by atoms with Gasteiger partial charge in [-0.2, -0.15) is 24.9 Å². The van der Waals surface area contributed by atoms with Gasteiger partial charge in [-0.15, -0.1) is 0 Å². The number of benzene rings is 1. The predicted molar refractivity (Wildman–Crippen MR) is 70.9 cm³/mol. The average Bonchev–Trinajstić information content (AvgIpc) is 2.33. The highest BCUT2D eigenvalue weighted by Gasteiger charge is 2.30. The smallest absolute Gasteiger partial charge is 0.310 e. The summed E-state index contributed by atoms with van der Waals surface area (Å²) in [6.45, 7) is 2.70. The van der Waals surface area contributed by atoms with Crippen molar-refractivity contribution in [3.8, 4) is 0 Å². The monoisotopic (exact) mass is 277 g/mol. The zero-order chi connectivity index (χ0) is 13.6. The molecule has 0 saturated carbocycles. The highest BCUT2D eigenvalue weighted by atomic mass is 32.2. The molecular weight excluding hydrogens is 259 g/mol. The molecular formula is C13H18F3NS. The number of alkyl halides is 3. The summed E-state index contributed by atoms with van der Waals surface area (Å²) in [4.78, 5) is 0. The van der Waals surface area contributed by atoms with Crippen LogP contribution >= 0.6 is 11.8 Å². The van der Waals surface area contributed by atoms with E-state index in [4.69, 9.17) is 0 Å². The zero-order valence-corrected chi connectivity index (χ0v) is 11.4. The van der Waals surface area contributed by atoms with Crippen molar-refractivity contribution in [2.45, 2.75) is 25.6 Å². The van der Waals surface area contributed by atoms with Crippen LogP contribution in [0.4, 0.5) is 13.2 Å². The van der Waals surface area contributed by atoms with Gasteiger partial charge in [-0.25, -0.2) is 0 Å². The summed E-state index contributed by atoms with van der Waals surface area (Å²) in [6, 6.07) is 5.57. The molecule has 0 aliphatic carbocycles. The number of rotatable bonds is 6. The van der Waals surface area contributed by atoms with Gasteiger partial charge in [-0.05, 0) is 42.7 Å². The van der Waals surface area contributed by atoms with Crippen molar-refractivity contribution in [1.82, 2.24) is 5.32 Å². The van der Waals surface area contributed by atoms with Crippen LogP contribution in [0.2, 0.25) is 0 Å². The molecule has 102 valence electrons. The van der Waals surface area contributed by atoms with Crippen molar-refractivity contribution in [2.24, 2.45) is 0 Å². The molecule has 0 saturated heterocycles. The molecule has 0 aliphatic rings. The lowest BCUT2D eigenvalue weighted by molar-refractivity contribution is -0.137. The van der Waals surface area contributed by atoms with E-state index < -0.39 is 11.7 Å². The highest BCUT2D eigenvalue weighted by molar-refractivity contribution is 7.98. The fourth-order valence-corrected chi connectivity index (χ4v) is 2.27. The van der Waals surface area contributed by atoms with E-state index in [9.17, 15) is 13.2 Å². The summed E-state index contributed by atoms with van der Waals surface area (Å²) in [6.07, 6.45) is -1.45. The normalized spacial score (nSPS) is 13.6. The van der Waals surface area contributed by atoms with Crippen LogP contribution in [-0.2, 0) is 6.18 Å². The highest BCUT2D eigenvalue weighted by Crippen LogP contribution is 2.31. The molecule has 1 N–H and O–H groups in total. The summed E-state index contributed by atoms with van der Waals surface area (Å²) in [7, 11) is 0. The maximum atomic E-state index is 12.6. The van der Waals surface area contributed by atoms with E-state index in [-0.39, 0.29) is 6.04 Å². The third kappa shape index (κ3) is 4.53. The Labute approximate surface area is 110 Å². The van der Waals surface area contributed by atoms with Gasteiger partial charge in [0.15, 0.2) is 0 Å². The Kier molecular flexibility index (Phi) is 6.02. The lowest BCUT2D eigenvalue weighted by Gasteiger charge is -2.19. The first-order chi connectivity index (χ1) is 8.49. The molecule has 1 rings (SSSR count). The van der Waals surface area contributed by atoms with Gasteiger partial charge in [0, 0.05) is 6.04 Å². The van der Waals surface area contributed by atoms with Gasteiger partial charge in [-0.3, -0.25) is 0 Å². The lowest BCUT2D eigenvalue weighted by atomic mass is 10.0. The number of halogens is 3. The zero-order valence-electron chi connectivity index (χ0n) is 10.6. The maximum Gasteiger partial charge on any atom is 0.416 e. The van der Waals surface area contributed by atoms with Crippen molar-refractivity contribution in [1.29, 1.82) is 0 Å². The van der Waals surface area contributed by atoms with Gasteiger partial charge < -0.3 is 5.32 Å². The Morgan fingerprint density at radius 1 is 1.33 bits per heavy atom. The molecule has 1 aromatic carbocycles. The first kappa shape index (κ1) is 15.4. The van der Waals surface area contributed by atoms with E-state index in [0.717, 1.165) is 24.8 Å². The van der Waals surface area contributed by atoms with Crippen LogP contribution in [0.1, 0.15) is 30.5 Å². The topological polar surface area (TPSA) is 12.0 Å². The quantitative estimate of drug-likeness (QED) is 0.840. The molecule has 18 heavy (non-hydrogen) atoms. The van der Waals surface area contributed by atoms with E-state index in [2.05, 4.69) is 5.32 Å². The fourth-order valence-electron chi connectivity index (χ4n) is 1.80. The van der Waals surface area contributed by atoms with E-state index in [1.54, 1.807) is 17.8 Å². The molecule has 1 unspecified atom stereocenters. The standard InChI is InChI=1S/C13H18F3NS/c1-3-17-12(7-8-18-2)10-5-4-6-11(9-10)13(14,15)16/h4-6,9,12,17H,3,7-8H2,1-2H3. The molecule has 0 aromatic heterocycles. The Bertz CT molecular complexity index is 365. The maximum absolute atomic E-state index is 12.6. The van der Waals surface area contributed by atoms with Gasteiger partial charge in [-0.1, -0.05) is 19.1 Å². The number of hydrogen-bond acceptors (Lipinski definition) is 2. The first-order valence-electron chi connectivity index (χ1n) is 5.88. The molecule has 0 aliphatic heterocycles. The summed E-state index contributed by atoms with van der Waals surface area (Å²) in [5.41, 5.74) is 0.132. The number of nitrogens with one attached hydrogen (secondary N) is 1. The molecule has 0 spiro atoms. The van der Waals surface area contributed by atoms with Crippen molar-refractivity contribution in [3.05, 3.63) is 35.4 Å². The van der Waals surface area contributed by atoms with Gasteiger partial charge in [0.2, 0.25) is 0 Å². The van der Waals surface area contributed by atoms with E-state index in [0.29, 0.717) is 5.56 Å². The van der Waals surface area contributed by atoms with Crippen LogP contribution in [0.25, 0.3) is 0 Å². The van der Waals surface area contributed by atoms with Crippen LogP contribution in [0.5, 0.6) is 0 Å². The van der Waals surface area contributed by atoms with E-state index >= 15 is 0 Å². The van der Waals surface area contributed by atoms with Crippen molar-refractivity contribution in [3.63, 3.8) is 0 Å². The van der Waals surface area contributed by atoms with Gasteiger partial charge in [0.1, 0.15) is 0 Å². The SMILES string of the molecule is CCNC(CCSC)c1cccc(C(F)(F)F)c1. The van der Waals surface area contributed by atoms with Crippen LogP contribution in [0.3, 0.4) is 0 Å². The minimum absolute atomic E-state index is 0.00949. The minimum Gasteiger partial charge on any atom is -0.310 e. The summed E-state index contributed by atoms with van der Waals surface area (Å²) in [5, 5.41) is 3.23. The Morgan fingerprint density at radius 3 is 2.61 bits per heavy atom. The van der Waals surface area contributed by atoms with E-state index in [1.165, 1.54) is 12.1 Å². The van der Waals surface area contributed by atoms with Gasteiger partial charge >= 0.3 is 6.18 Å². The molecule has 0 fully saturated rings. The van der Waals surface area contributed by atoms with Gasteiger partial charge in [0.25, 0.3) is 0 Å². The Balaban J connectivity index is 2.90. The first-order valence-corrected chi connectivity index (χ1v) is 7.28. The lowest BCUT2D eigenvalue weighted by Crippen LogP contribution is -2.22. The summed E-state index contributed by atoms with van der Waals surface area (Å²) in [5.74, 6) is 0.925. The Morgan fingerprint density at radius 2 is 2.06 bits per heavy atom. The van der Waals surface area contributed by atoms with Crippen molar-refractivity contribution >= 4 is 11.8 Å². The molecule has 5 heteroatoms. The van der Waals surface area contributed by atoms with Crippen LogP contribution in [-0.4, -0.2) is 18.6 Å². The molecule has 0 bridgehead atoms. The second kappa shape index (κ2) is 7.04. The third-order valence-electron chi connectivity index (χ3n) is 2.68. The van der Waals surface area contributed by atoms with Crippen molar-refractivity contribution < 1.29 is 13.2 Å². The van der Waals surface area contributed by atoms with E-state index in [1.807, 2.05) is 13.2 Å². The van der Waals surface area contributed by atoms with Crippen LogP contribution in [0, 0.1) is 0 Å². The third-order valence-corrected chi connectivity index (χ3v) is 3.32. The number of hydrogen-bond donors (Lipinski definition) is 1. The minimum atomic E-state index is -4.27. The molecule has 0 heterocycles. The molecule has 1 nitrogen and oxygen atoms in total.